The normalized spacial score (nSPS) is 10.4. The zero-order chi connectivity index (χ0) is 15.4. The quantitative estimate of drug-likeness (QED) is 0.922. The number of aromatic nitrogens is 1. The van der Waals surface area contributed by atoms with E-state index in [1.165, 1.54) is 4.57 Å². The second kappa shape index (κ2) is 6.72. The molecule has 1 amide bonds. The zero-order valence-corrected chi connectivity index (χ0v) is 13.6. The molecule has 0 atom stereocenters. The van der Waals surface area contributed by atoms with Crippen molar-refractivity contribution in [1.29, 1.82) is 0 Å². The second-order valence-corrected chi connectivity index (χ2v) is 5.75. The Labute approximate surface area is 131 Å². The van der Waals surface area contributed by atoms with Gasteiger partial charge in [0.1, 0.15) is 6.54 Å². The molecule has 0 aliphatic carbocycles. The maximum Gasteiger partial charge on any atom is 0.253 e. The average Bonchev–Trinajstić information content (AvgIpc) is 2.44. The third-order valence-corrected chi connectivity index (χ3v) is 3.65. The van der Waals surface area contributed by atoms with Gasteiger partial charge < -0.3 is 9.88 Å². The van der Waals surface area contributed by atoms with E-state index in [-0.39, 0.29) is 18.0 Å². The molecule has 2 rings (SSSR count). The Morgan fingerprint density at radius 3 is 2.76 bits per heavy atom. The van der Waals surface area contributed by atoms with Crippen LogP contribution >= 0.6 is 15.9 Å². The van der Waals surface area contributed by atoms with Crippen molar-refractivity contribution in [2.45, 2.75) is 26.8 Å². The minimum absolute atomic E-state index is 0.00282. The zero-order valence-electron chi connectivity index (χ0n) is 12.0. The number of para-hydroxylation sites is 1. The lowest BCUT2D eigenvalue weighted by Gasteiger charge is -2.11. The van der Waals surface area contributed by atoms with Gasteiger partial charge in [0.2, 0.25) is 5.91 Å². The third-order valence-electron chi connectivity index (χ3n) is 3.22. The van der Waals surface area contributed by atoms with Crippen LogP contribution < -0.4 is 10.9 Å². The van der Waals surface area contributed by atoms with Crippen LogP contribution in [0, 0.1) is 6.92 Å². The molecule has 21 heavy (non-hydrogen) atoms. The lowest BCUT2D eigenvalue weighted by molar-refractivity contribution is -0.116. The van der Waals surface area contributed by atoms with Crippen LogP contribution in [0.25, 0.3) is 0 Å². The highest BCUT2D eigenvalue weighted by Crippen LogP contribution is 2.15. The molecule has 2 aromatic rings. The van der Waals surface area contributed by atoms with Crippen LogP contribution in [0.5, 0.6) is 0 Å². The fourth-order valence-corrected chi connectivity index (χ4v) is 2.74. The summed E-state index contributed by atoms with van der Waals surface area (Å²) >= 11 is 3.34. The Bertz CT molecular complexity index is 722. The minimum Gasteiger partial charge on any atom is -0.324 e. The third kappa shape index (κ3) is 3.82. The summed E-state index contributed by atoms with van der Waals surface area (Å²) in [5.74, 6) is -0.212. The van der Waals surface area contributed by atoms with Crippen LogP contribution in [0.4, 0.5) is 5.69 Å². The first-order valence-electron chi connectivity index (χ1n) is 6.75. The van der Waals surface area contributed by atoms with E-state index in [1.807, 2.05) is 31.2 Å². The highest BCUT2D eigenvalue weighted by molar-refractivity contribution is 9.10. The highest BCUT2D eigenvalue weighted by Gasteiger charge is 2.09. The van der Waals surface area contributed by atoms with Gasteiger partial charge in [-0.2, -0.15) is 0 Å². The van der Waals surface area contributed by atoms with Gasteiger partial charge in [-0.15, -0.1) is 0 Å². The molecule has 1 N–H and O–H groups in total. The van der Waals surface area contributed by atoms with Gasteiger partial charge in [-0.25, -0.2) is 0 Å². The van der Waals surface area contributed by atoms with Crippen LogP contribution in [-0.2, 0) is 17.8 Å². The van der Waals surface area contributed by atoms with Crippen molar-refractivity contribution in [2.24, 2.45) is 0 Å². The van der Waals surface area contributed by atoms with Gasteiger partial charge in [0.05, 0.1) is 0 Å². The lowest BCUT2D eigenvalue weighted by Crippen LogP contribution is -2.28. The number of nitrogens with one attached hydrogen (secondary N) is 1. The van der Waals surface area contributed by atoms with E-state index in [0.29, 0.717) is 5.56 Å². The van der Waals surface area contributed by atoms with Crippen LogP contribution in [0.3, 0.4) is 0 Å². The molecule has 0 fully saturated rings. The number of carbonyl (C=O) groups excluding carboxylic acids is 1. The van der Waals surface area contributed by atoms with E-state index < -0.39 is 0 Å². The Balaban J connectivity index is 2.18. The number of anilines is 1. The van der Waals surface area contributed by atoms with E-state index in [1.54, 1.807) is 19.2 Å². The van der Waals surface area contributed by atoms with Crippen molar-refractivity contribution in [3.63, 3.8) is 0 Å². The summed E-state index contributed by atoms with van der Waals surface area (Å²) in [6, 6.07) is 9.40. The number of hydrogen-bond donors (Lipinski definition) is 1. The fourth-order valence-electron chi connectivity index (χ4n) is 2.15. The lowest BCUT2D eigenvalue weighted by atomic mass is 10.1. The monoisotopic (exact) mass is 348 g/mol. The largest absolute Gasteiger partial charge is 0.324 e. The predicted octanol–water partition coefficient (Wildman–Crippen LogP) is 3.12. The SMILES string of the molecule is CCc1ccccc1NC(=O)Cn1cc(Br)cc(C)c1=O. The molecule has 1 aromatic carbocycles. The molecule has 0 aliphatic rings. The Morgan fingerprint density at radius 1 is 1.33 bits per heavy atom. The van der Waals surface area contributed by atoms with E-state index in [4.69, 9.17) is 0 Å². The molecule has 110 valence electrons. The standard InChI is InChI=1S/C16H17BrN2O2/c1-3-12-6-4-5-7-14(12)18-15(20)10-19-9-13(17)8-11(2)16(19)21/h4-9H,3,10H2,1-2H3,(H,18,20). The van der Waals surface area contributed by atoms with Gasteiger partial charge in [-0.05, 0) is 47.0 Å². The van der Waals surface area contributed by atoms with Gasteiger partial charge in [0, 0.05) is 21.9 Å². The summed E-state index contributed by atoms with van der Waals surface area (Å²) in [7, 11) is 0. The van der Waals surface area contributed by atoms with Gasteiger partial charge >= 0.3 is 0 Å². The molecule has 0 unspecified atom stereocenters. The van der Waals surface area contributed by atoms with Gasteiger partial charge in [0.15, 0.2) is 0 Å². The molecule has 5 heteroatoms. The van der Waals surface area contributed by atoms with E-state index >= 15 is 0 Å². The van der Waals surface area contributed by atoms with Gasteiger partial charge in [-0.1, -0.05) is 25.1 Å². The molecule has 0 bridgehead atoms. The van der Waals surface area contributed by atoms with Crippen LogP contribution in [0.2, 0.25) is 0 Å². The van der Waals surface area contributed by atoms with Crippen molar-refractivity contribution in [3.8, 4) is 0 Å². The van der Waals surface area contributed by atoms with Crippen molar-refractivity contribution in [2.75, 3.05) is 5.32 Å². The number of benzene rings is 1. The number of hydrogen-bond acceptors (Lipinski definition) is 2. The molecule has 0 saturated heterocycles. The van der Waals surface area contributed by atoms with Gasteiger partial charge in [-0.3, -0.25) is 9.59 Å². The first kappa shape index (κ1) is 15.5. The molecule has 4 nitrogen and oxygen atoms in total. The number of amides is 1. The molecular weight excluding hydrogens is 332 g/mol. The van der Waals surface area contributed by atoms with Crippen molar-refractivity contribution >= 4 is 27.5 Å². The fraction of sp³-hybridized carbons (Fsp3) is 0.250. The summed E-state index contributed by atoms with van der Waals surface area (Å²) < 4.78 is 2.19. The highest BCUT2D eigenvalue weighted by atomic mass is 79.9. The molecule has 1 aromatic heterocycles. The topological polar surface area (TPSA) is 51.1 Å². The second-order valence-electron chi connectivity index (χ2n) is 4.83. The number of halogens is 1. The molecule has 0 spiro atoms. The predicted molar refractivity (Wildman–Crippen MR) is 87.6 cm³/mol. The van der Waals surface area contributed by atoms with Crippen molar-refractivity contribution < 1.29 is 4.79 Å². The summed E-state index contributed by atoms with van der Waals surface area (Å²) in [4.78, 5) is 24.1. The molecule has 0 saturated carbocycles. The first-order valence-corrected chi connectivity index (χ1v) is 7.55. The Kier molecular flexibility index (Phi) is 4.96. The number of carbonyl (C=O) groups is 1. The number of nitrogens with zero attached hydrogens (tertiary/aromatic N) is 1. The molecule has 0 aliphatic heterocycles. The van der Waals surface area contributed by atoms with Crippen LogP contribution in [-0.4, -0.2) is 10.5 Å². The smallest absolute Gasteiger partial charge is 0.253 e. The minimum atomic E-state index is -0.212. The van der Waals surface area contributed by atoms with Crippen molar-refractivity contribution in [1.82, 2.24) is 4.57 Å². The van der Waals surface area contributed by atoms with Crippen LogP contribution in [0.1, 0.15) is 18.1 Å². The Hall–Kier alpha value is -1.88. The summed E-state index contributed by atoms with van der Waals surface area (Å²) in [5.41, 5.74) is 2.32. The van der Waals surface area contributed by atoms with Gasteiger partial charge in [0.25, 0.3) is 5.56 Å². The van der Waals surface area contributed by atoms with E-state index in [0.717, 1.165) is 22.1 Å². The maximum absolute atomic E-state index is 12.1. The molecular formula is C16H17BrN2O2. The Morgan fingerprint density at radius 2 is 2.05 bits per heavy atom. The van der Waals surface area contributed by atoms with E-state index in [9.17, 15) is 9.59 Å². The molecule has 1 heterocycles. The number of rotatable bonds is 4. The first-order chi connectivity index (χ1) is 10.0. The summed E-state index contributed by atoms with van der Waals surface area (Å²) in [6.45, 7) is 3.76. The maximum atomic E-state index is 12.1. The average molecular weight is 349 g/mol. The molecule has 0 radical (unpaired) electrons. The van der Waals surface area contributed by atoms with Crippen molar-refractivity contribution in [3.05, 3.63) is 62.5 Å². The van der Waals surface area contributed by atoms with Crippen LogP contribution in [0.15, 0.2) is 45.8 Å². The number of pyridine rings is 1. The summed E-state index contributed by atoms with van der Waals surface area (Å²) in [6.07, 6.45) is 2.47. The van der Waals surface area contributed by atoms with E-state index in [2.05, 4.69) is 21.2 Å². The number of aryl methyl sites for hydroxylation is 2. The summed E-state index contributed by atoms with van der Waals surface area (Å²) in [5, 5.41) is 2.86.